The molecule has 0 unspecified atom stereocenters. The van der Waals surface area contributed by atoms with Crippen molar-refractivity contribution in [3.05, 3.63) is 96.4 Å². The molecule has 5 rings (SSSR count). The highest BCUT2D eigenvalue weighted by Crippen LogP contribution is 2.26. The van der Waals surface area contributed by atoms with Crippen LogP contribution >= 0.6 is 0 Å². The van der Waals surface area contributed by atoms with Gasteiger partial charge in [-0.2, -0.15) is 5.10 Å². The molecule has 0 saturated heterocycles. The minimum Gasteiger partial charge on any atom is -0.341 e. The number of para-hydroxylation sites is 2. The summed E-state index contributed by atoms with van der Waals surface area (Å²) in [4.78, 5) is 10.3. The first kappa shape index (κ1) is 18.3. The van der Waals surface area contributed by atoms with Gasteiger partial charge in [-0.1, -0.05) is 66.7 Å². The zero-order valence-electron chi connectivity index (χ0n) is 16.8. The Bertz CT molecular complexity index is 1220. The monoisotopic (exact) mass is 393 g/mol. The Balaban J connectivity index is 1.32. The average molecular weight is 393 g/mol. The fourth-order valence-corrected chi connectivity index (χ4v) is 3.82. The van der Waals surface area contributed by atoms with E-state index in [4.69, 9.17) is 0 Å². The molecule has 0 amide bonds. The third kappa shape index (κ3) is 3.75. The molecule has 0 saturated carbocycles. The number of H-pyrrole nitrogens is 2. The van der Waals surface area contributed by atoms with E-state index >= 15 is 0 Å². The van der Waals surface area contributed by atoms with Crippen molar-refractivity contribution in [2.45, 2.75) is 13.1 Å². The van der Waals surface area contributed by atoms with Gasteiger partial charge in [0.2, 0.25) is 0 Å². The standard InChI is InChI=1S/C25H23N5/c1-30(17-24-27-22-9-5-6-10-23(22)28-24)16-21-15-26-29-25(21)20-13-11-19(12-14-20)18-7-3-2-4-8-18/h2-15H,16-17H2,1H3,(H,26,29)(H,27,28). The second kappa shape index (κ2) is 7.97. The van der Waals surface area contributed by atoms with E-state index in [1.807, 2.05) is 30.5 Å². The number of nitrogens with one attached hydrogen (secondary N) is 2. The van der Waals surface area contributed by atoms with E-state index in [0.717, 1.165) is 41.2 Å². The van der Waals surface area contributed by atoms with Crippen molar-refractivity contribution in [2.75, 3.05) is 7.05 Å². The lowest BCUT2D eigenvalue weighted by Gasteiger charge is -2.15. The molecule has 5 aromatic rings. The van der Waals surface area contributed by atoms with Gasteiger partial charge in [0.1, 0.15) is 5.82 Å². The maximum absolute atomic E-state index is 4.68. The lowest BCUT2D eigenvalue weighted by Crippen LogP contribution is -2.18. The molecule has 0 bridgehead atoms. The van der Waals surface area contributed by atoms with E-state index in [0.29, 0.717) is 0 Å². The highest BCUT2D eigenvalue weighted by Gasteiger charge is 2.12. The van der Waals surface area contributed by atoms with Crippen LogP contribution in [0, 0.1) is 0 Å². The number of aromatic amines is 2. The summed E-state index contributed by atoms with van der Waals surface area (Å²) in [6, 6.07) is 27.2. The van der Waals surface area contributed by atoms with Gasteiger partial charge >= 0.3 is 0 Å². The summed E-state index contributed by atoms with van der Waals surface area (Å²) in [5.74, 6) is 0.968. The van der Waals surface area contributed by atoms with Gasteiger partial charge in [0, 0.05) is 12.1 Å². The molecule has 0 aliphatic rings. The number of benzene rings is 3. The first-order chi connectivity index (χ1) is 14.8. The molecule has 0 spiro atoms. The summed E-state index contributed by atoms with van der Waals surface area (Å²) in [5, 5.41) is 7.47. The van der Waals surface area contributed by atoms with Crippen LogP contribution in [0.2, 0.25) is 0 Å². The number of aromatic nitrogens is 4. The summed E-state index contributed by atoms with van der Waals surface area (Å²) in [5.41, 5.74) is 7.88. The van der Waals surface area contributed by atoms with Crippen LogP contribution in [0.5, 0.6) is 0 Å². The van der Waals surface area contributed by atoms with Gasteiger partial charge < -0.3 is 4.98 Å². The van der Waals surface area contributed by atoms with Crippen LogP contribution in [0.25, 0.3) is 33.4 Å². The van der Waals surface area contributed by atoms with Gasteiger partial charge in [0.25, 0.3) is 0 Å². The normalized spacial score (nSPS) is 11.4. The summed E-state index contributed by atoms with van der Waals surface area (Å²) >= 11 is 0. The van der Waals surface area contributed by atoms with E-state index in [2.05, 4.69) is 86.7 Å². The van der Waals surface area contributed by atoms with Crippen LogP contribution < -0.4 is 0 Å². The predicted molar refractivity (Wildman–Crippen MR) is 121 cm³/mol. The van der Waals surface area contributed by atoms with Crippen molar-refractivity contribution in [2.24, 2.45) is 0 Å². The van der Waals surface area contributed by atoms with Crippen LogP contribution in [0.3, 0.4) is 0 Å². The van der Waals surface area contributed by atoms with Crippen molar-refractivity contribution >= 4 is 11.0 Å². The van der Waals surface area contributed by atoms with E-state index in [9.17, 15) is 0 Å². The van der Waals surface area contributed by atoms with Gasteiger partial charge in [0.15, 0.2) is 0 Å². The van der Waals surface area contributed by atoms with Crippen LogP contribution in [0.15, 0.2) is 85.1 Å². The lowest BCUT2D eigenvalue weighted by molar-refractivity contribution is 0.312. The second-order valence-corrected chi connectivity index (χ2v) is 7.59. The molecule has 3 aromatic carbocycles. The fourth-order valence-electron chi connectivity index (χ4n) is 3.82. The van der Waals surface area contributed by atoms with Gasteiger partial charge in [0.05, 0.1) is 29.5 Å². The number of nitrogens with zero attached hydrogens (tertiary/aromatic N) is 3. The average Bonchev–Trinajstić information content (AvgIpc) is 3.40. The van der Waals surface area contributed by atoms with E-state index < -0.39 is 0 Å². The molecule has 0 radical (unpaired) electrons. The minimum absolute atomic E-state index is 0.742. The molecule has 148 valence electrons. The number of imidazole rings is 1. The summed E-state index contributed by atoms with van der Waals surface area (Å²) in [6.45, 7) is 1.52. The molecule has 0 fully saturated rings. The van der Waals surface area contributed by atoms with Crippen LogP contribution in [0.1, 0.15) is 11.4 Å². The SMILES string of the molecule is CN(Cc1nc2ccccc2[nH]1)Cc1cn[nH]c1-c1ccc(-c2ccccc2)cc1. The molecule has 2 heterocycles. The molecular weight excluding hydrogens is 370 g/mol. The molecule has 5 heteroatoms. The van der Waals surface area contributed by atoms with Crippen molar-refractivity contribution in [1.82, 2.24) is 25.1 Å². The Morgan fingerprint density at radius 3 is 2.27 bits per heavy atom. The quantitative estimate of drug-likeness (QED) is 0.414. The second-order valence-electron chi connectivity index (χ2n) is 7.59. The summed E-state index contributed by atoms with van der Waals surface area (Å²) in [7, 11) is 2.10. The molecule has 0 aliphatic heterocycles. The molecular formula is C25H23N5. The van der Waals surface area contributed by atoms with Gasteiger partial charge in [-0.25, -0.2) is 4.98 Å². The van der Waals surface area contributed by atoms with E-state index in [1.165, 1.54) is 16.7 Å². The Hall–Kier alpha value is -3.70. The summed E-state index contributed by atoms with van der Waals surface area (Å²) in [6.07, 6.45) is 1.91. The van der Waals surface area contributed by atoms with Crippen molar-refractivity contribution in [3.63, 3.8) is 0 Å². The first-order valence-corrected chi connectivity index (χ1v) is 10.1. The zero-order chi connectivity index (χ0) is 20.3. The van der Waals surface area contributed by atoms with Crippen LogP contribution in [0.4, 0.5) is 0 Å². The number of fused-ring (bicyclic) bond motifs is 1. The summed E-state index contributed by atoms with van der Waals surface area (Å²) < 4.78 is 0. The number of hydrogen-bond acceptors (Lipinski definition) is 3. The Kier molecular flexibility index (Phi) is 4.87. The molecule has 5 nitrogen and oxygen atoms in total. The Morgan fingerprint density at radius 1 is 0.767 bits per heavy atom. The van der Waals surface area contributed by atoms with Crippen molar-refractivity contribution < 1.29 is 0 Å². The van der Waals surface area contributed by atoms with Gasteiger partial charge in [-0.05, 0) is 35.9 Å². The number of rotatable bonds is 6. The third-order valence-electron chi connectivity index (χ3n) is 5.30. The first-order valence-electron chi connectivity index (χ1n) is 10.1. The lowest BCUT2D eigenvalue weighted by atomic mass is 10.0. The Morgan fingerprint density at radius 2 is 1.47 bits per heavy atom. The number of hydrogen-bond donors (Lipinski definition) is 2. The highest BCUT2D eigenvalue weighted by atomic mass is 15.1. The van der Waals surface area contributed by atoms with Crippen LogP contribution in [-0.4, -0.2) is 32.1 Å². The largest absolute Gasteiger partial charge is 0.341 e. The molecule has 0 atom stereocenters. The smallest absolute Gasteiger partial charge is 0.121 e. The maximum atomic E-state index is 4.68. The topological polar surface area (TPSA) is 60.6 Å². The molecule has 2 N–H and O–H groups in total. The molecule has 30 heavy (non-hydrogen) atoms. The van der Waals surface area contributed by atoms with Gasteiger partial charge in [-0.3, -0.25) is 10.00 Å². The maximum Gasteiger partial charge on any atom is 0.121 e. The van der Waals surface area contributed by atoms with Crippen molar-refractivity contribution in [1.29, 1.82) is 0 Å². The Labute approximate surface area is 175 Å². The molecule has 2 aromatic heterocycles. The van der Waals surface area contributed by atoms with Crippen molar-refractivity contribution in [3.8, 4) is 22.4 Å². The van der Waals surface area contributed by atoms with Gasteiger partial charge in [-0.15, -0.1) is 0 Å². The van der Waals surface area contributed by atoms with Crippen LogP contribution in [-0.2, 0) is 13.1 Å². The fraction of sp³-hybridized carbons (Fsp3) is 0.120. The van der Waals surface area contributed by atoms with E-state index in [-0.39, 0.29) is 0 Å². The predicted octanol–water partition coefficient (Wildman–Crippen LogP) is 5.25. The molecule has 0 aliphatic carbocycles. The highest BCUT2D eigenvalue weighted by molar-refractivity contribution is 5.74. The minimum atomic E-state index is 0.742. The third-order valence-corrected chi connectivity index (χ3v) is 5.30. The zero-order valence-corrected chi connectivity index (χ0v) is 16.8. The van der Waals surface area contributed by atoms with E-state index in [1.54, 1.807) is 0 Å².